The van der Waals surface area contributed by atoms with Gasteiger partial charge in [-0.05, 0) is 49.2 Å². The van der Waals surface area contributed by atoms with Crippen LogP contribution in [0.2, 0.25) is 0 Å². The van der Waals surface area contributed by atoms with E-state index in [1.807, 2.05) is 0 Å². The Labute approximate surface area is 154 Å². The molecule has 0 aliphatic carbocycles. The van der Waals surface area contributed by atoms with Crippen molar-refractivity contribution in [1.82, 2.24) is 10.3 Å². The first kappa shape index (κ1) is 16.5. The lowest BCUT2D eigenvalue weighted by Crippen LogP contribution is -2.46. The lowest BCUT2D eigenvalue weighted by molar-refractivity contribution is 0.100. The fourth-order valence-corrected chi connectivity index (χ4v) is 5.18. The topological polar surface area (TPSA) is 80.0 Å². The fourth-order valence-electron chi connectivity index (χ4n) is 3.28. The number of piperidine rings is 1. The van der Waals surface area contributed by atoms with Crippen molar-refractivity contribution >= 4 is 44.5 Å². The highest BCUT2D eigenvalue weighted by Gasteiger charge is 2.23. The number of pyridine rings is 1. The van der Waals surface area contributed by atoms with Gasteiger partial charge in [-0.25, -0.2) is 4.98 Å². The number of amides is 1. The van der Waals surface area contributed by atoms with E-state index in [1.165, 1.54) is 5.56 Å². The highest BCUT2D eigenvalue weighted by atomic mass is 32.1. The predicted octanol–water partition coefficient (Wildman–Crippen LogP) is 3.68. The molecule has 3 aromatic rings. The average Bonchev–Trinajstić information content (AvgIpc) is 3.26. The molecule has 2 atom stereocenters. The molecule has 1 aliphatic rings. The zero-order valence-corrected chi connectivity index (χ0v) is 15.5. The van der Waals surface area contributed by atoms with E-state index in [9.17, 15) is 4.79 Å². The summed E-state index contributed by atoms with van der Waals surface area (Å²) in [6, 6.07) is 4.92. The summed E-state index contributed by atoms with van der Waals surface area (Å²) < 4.78 is 0.905. The lowest BCUT2D eigenvalue weighted by atomic mass is 10.00. The third-order valence-electron chi connectivity index (χ3n) is 4.71. The molecule has 4 rings (SSSR count). The van der Waals surface area contributed by atoms with Crippen molar-refractivity contribution in [3.8, 4) is 10.4 Å². The third-order valence-corrected chi connectivity index (χ3v) is 6.61. The Morgan fingerprint density at radius 2 is 2.36 bits per heavy atom. The zero-order chi connectivity index (χ0) is 17.4. The van der Waals surface area contributed by atoms with Gasteiger partial charge < -0.3 is 16.4 Å². The molecule has 0 saturated carbocycles. The Balaban J connectivity index is 1.79. The summed E-state index contributed by atoms with van der Waals surface area (Å²) in [7, 11) is 0. The van der Waals surface area contributed by atoms with Crippen molar-refractivity contribution in [3.63, 3.8) is 0 Å². The van der Waals surface area contributed by atoms with Gasteiger partial charge in [-0.3, -0.25) is 4.79 Å². The molecule has 1 saturated heterocycles. The van der Waals surface area contributed by atoms with Crippen LogP contribution < -0.4 is 16.4 Å². The Morgan fingerprint density at radius 1 is 1.48 bits per heavy atom. The first-order valence-corrected chi connectivity index (χ1v) is 10.1. The molecule has 4 heterocycles. The Hall–Kier alpha value is -1.96. The van der Waals surface area contributed by atoms with Gasteiger partial charge >= 0.3 is 0 Å². The number of hydrogen-bond acceptors (Lipinski definition) is 6. The summed E-state index contributed by atoms with van der Waals surface area (Å²) in [6.07, 6.45) is 3.85. The van der Waals surface area contributed by atoms with Crippen LogP contribution in [0.3, 0.4) is 0 Å². The number of nitrogens with one attached hydrogen (secondary N) is 2. The van der Waals surface area contributed by atoms with E-state index in [2.05, 4.69) is 45.4 Å². The minimum Gasteiger partial charge on any atom is -0.366 e. The van der Waals surface area contributed by atoms with Crippen molar-refractivity contribution in [2.75, 3.05) is 11.9 Å². The largest absolute Gasteiger partial charge is 0.366 e. The van der Waals surface area contributed by atoms with Gasteiger partial charge in [-0.1, -0.05) is 0 Å². The quantitative estimate of drug-likeness (QED) is 0.653. The number of nitrogens with zero attached hydrogens (tertiary/aromatic N) is 1. The molecule has 1 aliphatic heterocycles. The number of primary amides is 1. The average molecular weight is 373 g/mol. The maximum atomic E-state index is 11.8. The van der Waals surface area contributed by atoms with Crippen LogP contribution in [0.25, 0.3) is 20.5 Å². The normalized spacial score (nSPS) is 20.7. The second-order valence-corrected chi connectivity index (χ2v) is 8.22. The molecule has 3 aromatic heterocycles. The molecule has 25 heavy (non-hydrogen) atoms. The van der Waals surface area contributed by atoms with E-state index in [0.29, 0.717) is 17.6 Å². The van der Waals surface area contributed by atoms with Crippen LogP contribution in [0.15, 0.2) is 29.1 Å². The van der Waals surface area contributed by atoms with Crippen LogP contribution in [0, 0.1) is 0 Å². The highest BCUT2D eigenvalue weighted by Crippen LogP contribution is 2.39. The number of hydrogen-bond donors (Lipinski definition) is 3. The van der Waals surface area contributed by atoms with Gasteiger partial charge in [0.2, 0.25) is 0 Å². The van der Waals surface area contributed by atoms with Crippen LogP contribution in [0.4, 0.5) is 5.82 Å². The van der Waals surface area contributed by atoms with Crippen LogP contribution in [0.5, 0.6) is 0 Å². The summed E-state index contributed by atoms with van der Waals surface area (Å²) in [5.74, 6) is 0.397. The predicted molar refractivity (Wildman–Crippen MR) is 106 cm³/mol. The van der Waals surface area contributed by atoms with Gasteiger partial charge in [0, 0.05) is 34.1 Å². The van der Waals surface area contributed by atoms with E-state index in [-0.39, 0.29) is 0 Å². The molecular weight excluding hydrogens is 352 g/mol. The Bertz CT molecular complexity index is 903. The second-order valence-electron chi connectivity index (χ2n) is 6.39. The first-order chi connectivity index (χ1) is 12.1. The molecule has 7 heteroatoms. The standard InChI is InChI=1S/C18H20N4OS2/c1-10-14(3-2-5-20-10)22-18-12-7-15(11-4-6-24-9-11)25-16(12)13(8-21-18)17(19)23/h4,6-10,14,20H,2-3,5H2,1H3,(H2,19,23)(H,21,22)/t10-,14+/m0/s1. The van der Waals surface area contributed by atoms with E-state index >= 15 is 0 Å². The summed E-state index contributed by atoms with van der Waals surface area (Å²) in [5.41, 5.74) is 7.22. The van der Waals surface area contributed by atoms with Crippen LogP contribution in [-0.2, 0) is 0 Å². The molecular formula is C18H20N4OS2. The van der Waals surface area contributed by atoms with Crippen molar-refractivity contribution in [2.24, 2.45) is 5.73 Å². The minimum absolute atomic E-state index is 0.327. The van der Waals surface area contributed by atoms with Crippen molar-refractivity contribution < 1.29 is 4.79 Å². The van der Waals surface area contributed by atoms with E-state index in [4.69, 9.17) is 5.73 Å². The summed E-state index contributed by atoms with van der Waals surface area (Å²) in [6.45, 7) is 3.25. The van der Waals surface area contributed by atoms with Crippen LogP contribution in [-0.4, -0.2) is 29.5 Å². The van der Waals surface area contributed by atoms with Gasteiger partial charge in [-0.2, -0.15) is 11.3 Å². The number of carbonyl (C=O) groups excluding carboxylic acids is 1. The van der Waals surface area contributed by atoms with Gasteiger partial charge in [-0.15, -0.1) is 11.3 Å². The molecule has 130 valence electrons. The third kappa shape index (κ3) is 3.15. The van der Waals surface area contributed by atoms with Gasteiger partial charge in [0.25, 0.3) is 5.91 Å². The molecule has 4 N–H and O–H groups in total. The highest BCUT2D eigenvalue weighted by molar-refractivity contribution is 7.23. The summed E-state index contributed by atoms with van der Waals surface area (Å²) in [4.78, 5) is 17.5. The number of fused-ring (bicyclic) bond motifs is 1. The SMILES string of the molecule is C[C@@H]1NCCC[C@H]1Nc1ncc(C(N)=O)c2sc(-c3ccsc3)cc12. The molecule has 0 unspecified atom stereocenters. The number of nitrogens with two attached hydrogens (primary N) is 1. The Morgan fingerprint density at radius 3 is 3.08 bits per heavy atom. The summed E-state index contributed by atoms with van der Waals surface area (Å²) >= 11 is 3.26. The lowest BCUT2D eigenvalue weighted by Gasteiger charge is -2.31. The molecule has 1 amide bonds. The monoisotopic (exact) mass is 372 g/mol. The first-order valence-electron chi connectivity index (χ1n) is 8.38. The van der Waals surface area contributed by atoms with E-state index in [0.717, 1.165) is 40.2 Å². The zero-order valence-electron chi connectivity index (χ0n) is 13.9. The molecule has 0 aromatic carbocycles. The maximum Gasteiger partial charge on any atom is 0.251 e. The molecule has 0 bridgehead atoms. The maximum absolute atomic E-state index is 11.8. The van der Waals surface area contributed by atoms with Gasteiger partial charge in [0.1, 0.15) is 5.82 Å². The van der Waals surface area contributed by atoms with Gasteiger partial charge in [0.15, 0.2) is 0 Å². The smallest absolute Gasteiger partial charge is 0.251 e. The molecule has 0 radical (unpaired) electrons. The van der Waals surface area contributed by atoms with Crippen molar-refractivity contribution in [1.29, 1.82) is 0 Å². The number of aromatic nitrogens is 1. The van der Waals surface area contributed by atoms with Crippen LogP contribution >= 0.6 is 22.7 Å². The molecule has 0 spiro atoms. The number of rotatable bonds is 4. The molecule has 1 fully saturated rings. The van der Waals surface area contributed by atoms with E-state index in [1.54, 1.807) is 28.9 Å². The van der Waals surface area contributed by atoms with Crippen LogP contribution in [0.1, 0.15) is 30.1 Å². The number of carbonyl (C=O) groups is 1. The Kier molecular flexibility index (Phi) is 4.45. The fraction of sp³-hybridized carbons (Fsp3) is 0.333. The molecule has 5 nitrogen and oxygen atoms in total. The number of anilines is 1. The second kappa shape index (κ2) is 6.74. The minimum atomic E-state index is -0.435. The number of thiophene rings is 2. The summed E-state index contributed by atoms with van der Waals surface area (Å²) in [5, 5.41) is 12.2. The van der Waals surface area contributed by atoms with Gasteiger partial charge in [0.05, 0.1) is 10.3 Å². The van der Waals surface area contributed by atoms with Crippen molar-refractivity contribution in [3.05, 3.63) is 34.7 Å². The van der Waals surface area contributed by atoms with E-state index < -0.39 is 5.91 Å². The van der Waals surface area contributed by atoms with Crippen molar-refractivity contribution in [2.45, 2.75) is 31.8 Å².